The maximum Gasteiger partial charge on any atom is 0.254 e. The van der Waals surface area contributed by atoms with E-state index in [1.54, 1.807) is 18.2 Å². The fraction of sp³-hybridized carbons (Fsp3) is 0.444. The molecule has 6 heteroatoms. The minimum Gasteiger partial charge on any atom is -0.339 e. The van der Waals surface area contributed by atoms with E-state index < -0.39 is 6.04 Å². The van der Waals surface area contributed by atoms with E-state index in [0.717, 1.165) is 51.6 Å². The highest BCUT2D eigenvalue weighted by molar-refractivity contribution is 6.02. The summed E-state index contributed by atoms with van der Waals surface area (Å²) < 4.78 is 0. The number of rotatable bonds is 4. The van der Waals surface area contributed by atoms with Crippen molar-refractivity contribution in [2.75, 3.05) is 18.4 Å². The van der Waals surface area contributed by atoms with E-state index in [0.29, 0.717) is 29.2 Å². The number of carbonyl (C=O) groups excluding carboxylic acids is 3. The molecule has 3 amide bonds. The Kier molecular flexibility index (Phi) is 6.16. The molecule has 2 heterocycles. The molecule has 2 aromatic carbocycles. The van der Waals surface area contributed by atoms with Crippen molar-refractivity contribution in [3.05, 3.63) is 65.7 Å². The zero-order chi connectivity index (χ0) is 22.8. The maximum atomic E-state index is 13.5. The van der Waals surface area contributed by atoms with Crippen LogP contribution in [0, 0.1) is 5.92 Å². The number of amides is 3. The average Bonchev–Trinajstić information content (AvgIpc) is 3.52. The molecule has 3 aliphatic rings. The highest BCUT2D eigenvalue weighted by Gasteiger charge is 2.47. The number of likely N-dealkylation sites (tertiary alicyclic amines) is 2. The van der Waals surface area contributed by atoms with Crippen LogP contribution in [0.2, 0.25) is 0 Å². The van der Waals surface area contributed by atoms with E-state index in [1.807, 2.05) is 46.2 Å². The predicted octanol–water partition coefficient (Wildman–Crippen LogP) is 4.33. The first kappa shape index (κ1) is 21.7. The van der Waals surface area contributed by atoms with Crippen molar-refractivity contribution in [3.63, 3.8) is 0 Å². The number of nitrogens with zero attached hydrogens (tertiary/aromatic N) is 2. The summed E-state index contributed by atoms with van der Waals surface area (Å²) in [6.07, 6.45) is 7.04. The second-order valence-electron chi connectivity index (χ2n) is 9.51. The molecule has 1 aliphatic carbocycles. The first-order valence-electron chi connectivity index (χ1n) is 12.2. The molecule has 0 spiro atoms. The molecular formula is C27H31N3O3. The molecule has 3 atom stereocenters. The molecule has 1 N–H and O–H groups in total. The van der Waals surface area contributed by atoms with Gasteiger partial charge in [0.25, 0.3) is 11.8 Å². The molecule has 2 aliphatic heterocycles. The Bertz CT molecular complexity index is 1030. The molecule has 172 valence electrons. The van der Waals surface area contributed by atoms with Crippen LogP contribution in [0.3, 0.4) is 0 Å². The smallest absolute Gasteiger partial charge is 0.254 e. The standard InChI is InChI=1S/C27H31N3O3/c31-25(28-22-13-8-12-21(17-22)26(32)29-15-6-7-16-29)24-18-20-11-4-5-14-23(20)30(24)27(33)19-9-2-1-3-10-19/h1-3,8-10,12-13,17,20,23-24H,4-7,11,14-16,18H2,(H,28,31). The van der Waals surface area contributed by atoms with Crippen LogP contribution in [0.15, 0.2) is 54.6 Å². The number of fused-ring (bicyclic) bond motifs is 1. The van der Waals surface area contributed by atoms with Crippen molar-refractivity contribution in [3.8, 4) is 0 Å². The van der Waals surface area contributed by atoms with Crippen molar-refractivity contribution < 1.29 is 14.4 Å². The van der Waals surface area contributed by atoms with Crippen molar-refractivity contribution in [2.45, 2.75) is 57.0 Å². The molecule has 2 aromatic rings. The molecule has 6 nitrogen and oxygen atoms in total. The van der Waals surface area contributed by atoms with Crippen molar-refractivity contribution >= 4 is 23.4 Å². The van der Waals surface area contributed by atoms with Gasteiger partial charge in [-0.05, 0) is 68.4 Å². The van der Waals surface area contributed by atoms with Gasteiger partial charge in [-0.1, -0.05) is 37.1 Å². The lowest BCUT2D eigenvalue weighted by Crippen LogP contribution is -2.47. The number of hydrogen-bond acceptors (Lipinski definition) is 3. The van der Waals surface area contributed by atoms with Crippen LogP contribution >= 0.6 is 0 Å². The molecule has 0 aromatic heterocycles. The fourth-order valence-corrected chi connectivity index (χ4v) is 5.77. The normalized spacial score (nSPS) is 24.4. The summed E-state index contributed by atoms with van der Waals surface area (Å²) in [6, 6.07) is 16.0. The molecule has 33 heavy (non-hydrogen) atoms. The van der Waals surface area contributed by atoms with Gasteiger partial charge in [0.05, 0.1) is 0 Å². The summed E-state index contributed by atoms with van der Waals surface area (Å²) in [5, 5.41) is 3.01. The van der Waals surface area contributed by atoms with Gasteiger partial charge in [0, 0.05) is 35.9 Å². The summed E-state index contributed by atoms with van der Waals surface area (Å²) in [5.74, 6) is 0.143. The Labute approximate surface area is 194 Å². The number of benzene rings is 2. The van der Waals surface area contributed by atoms with Crippen LogP contribution in [0.25, 0.3) is 0 Å². The third-order valence-electron chi connectivity index (χ3n) is 7.42. The lowest BCUT2D eigenvalue weighted by atomic mass is 9.84. The molecule has 2 saturated heterocycles. The van der Waals surface area contributed by atoms with Gasteiger partial charge >= 0.3 is 0 Å². The first-order valence-corrected chi connectivity index (χ1v) is 12.2. The van der Waals surface area contributed by atoms with Crippen LogP contribution in [0.1, 0.15) is 65.7 Å². The molecule has 5 rings (SSSR count). The summed E-state index contributed by atoms with van der Waals surface area (Å²) in [5.41, 5.74) is 1.82. The predicted molar refractivity (Wildman–Crippen MR) is 127 cm³/mol. The molecule has 0 radical (unpaired) electrons. The third-order valence-corrected chi connectivity index (χ3v) is 7.42. The van der Waals surface area contributed by atoms with Crippen LogP contribution in [-0.2, 0) is 4.79 Å². The quantitative estimate of drug-likeness (QED) is 0.761. The van der Waals surface area contributed by atoms with Gasteiger partial charge in [-0.3, -0.25) is 14.4 Å². The van der Waals surface area contributed by atoms with Crippen LogP contribution < -0.4 is 5.32 Å². The molecular weight excluding hydrogens is 414 g/mol. The SMILES string of the molecule is O=C(Nc1cccc(C(=O)N2CCCC2)c1)C1CC2CCCCC2N1C(=O)c1ccccc1. The van der Waals surface area contributed by atoms with E-state index in [9.17, 15) is 14.4 Å². The lowest BCUT2D eigenvalue weighted by Gasteiger charge is -2.33. The molecule has 3 unspecified atom stereocenters. The Morgan fingerprint density at radius 2 is 1.52 bits per heavy atom. The summed E-state index contributed by atoms with van der Waals surface area (Å²) in [4.78, 5) is 43.4. The van der Waals surface area contributed by atoms with E-state index in [4.69, 9.17) is 0 Å². The Morgan fingerprint density at radius 3 is 2.30 bits per heavy atom. The van der Waals surface area contributed by atoms with E-state index in [2.05, 4.69) is 5.32 Å². The molecule has 1 saturated carbocycles. The van der Waals surface area contributed by atoms with Crippen molar-refractivity contribution in [1.29, 1.82) is 0 Å². The van der Waals surface area contributed by atoms with Crippen molar-refractivity contribution in [2.24, 2.45) is 5.92 Å². The first-order chi connectivity index (χ1) is 16.1. The lowest BCUT2D eigenvalue weighted by molar-refractivity contribution is -0.120. The number of nitrogens with one attached hydrogen (secondary N) is 1. The minimum atomic E-state index is -0.497. The number of hydrogen-bond donors (Lipinski definition) is 1. The largest absolute Gasteiger partial charge is 0.339 e. The maximum absolute atomic E-state index is 13.5. The number of anilines is 1. The highest BCUT2D eigenvalue weighted by atomic mass is 16.2. The van der Waals surface area contributed by atoms with Gasteiger partial charge in [-0.25, -0.2) is 0 Å². The Hall–Kier alpha value is -3.15. The zero-order valence-corrected chi connectivity index (χ0v) is 18.9. The van der Waals surface area contributed by atoms with Crippen molar-refractivity contribution in [1.82, 2.24) is 9.80 Å². The van der Waals surface area contributed by atoms with Crippen LogP contribution in [0.5, 0.6) is 0 Å². The van der Waals surface area contributed by atoms with Crippen LogP contribution in [0.4, 0.5) is 5.69 Å². The minimum absolute atomic E-state index is 0.0105. The summed E-state index contributed by atoms with van der Waals surface area (Å²) in [6.45, 7) is 1.58. The molecule has 3 fully saturated rings. The summed E-state index contributed by atoms with van der Waals surface area (Å²) in [7, 11) is 0. The second-order valence-corrected chi connectivity index (χ2v) is 9.51. The highest BCUT2D eigenvalue weighted by Crippen LogP contribution is 2.41. The monoisotopic (exact) mass is 445 g/mol. The Balaban J connectivity index is 1.36. The van der Waals surface area contributed by atoms with Gasteiger partial charge in [0.2, 0.25) is 5.91 Å². The number of carbonyl (C=O) groups is 3. The van der Waals surface area contributed by atoms with Gasteiger partial charge in [-0.15, -0.1) is 0 Å². The van der Waals surface area contributed by atoms with E-state index in [1.165, 1.54) is 0 Å². The fourth-order valence-electron chi connectivity index (χ4n) is 5.77. The van der Waals surface area contributed by atoms with Gasteiger partial charge in [0.1, 0.15) is 6.04 Å². The summed E-state index contributed by atoms with van der Waals surface area (Å²) >= 11 is 0. The van der Waals surface area contributed by atoms with Gasteiger partial charge in [-0.2, -0.15) is 0 Å². The van der Waals surface area contributed by atoms with Crippen LogP contribution in [-0.4, -0.2) is 52.7 Å². The zero-order valence-electron chi connectivity index (χ0n) is 18.9. The van der Waals surface area contributed by atoms with Gasteiger partial charge < -0.3 is 15.1 Å². The second kappa shape index (κ2) is 9.38. The van der Waals surface area contributed by atoms with E-state index in [-0.39, 0.29) is 23.8 Å². The van der Waals surface area contributed by atoms with E-state index >= 15 is 0 Å². The third kappa shape index (κ3) is 4.39. The Morgan fingerprint density at radius 1 is 0.788 bits per heavy atom. The van der Waals surface area contributed by atoms with Gasteiger partial charge in [0.15, 0.2) is 0 Å². The topological polar surface area (TPSA) is 69.7 Å². The molecule has 0 bridgehead atoms. The average molecular weight is 446 g/mol.